The van der Waals surface area contributed by atoms with Crippen molar-refractivity contribution in [1.29, 1.82) is 0 Å². The SMILES string of the molecule is CCC1CN(Cc2cccc(/C=C/C(=O)O)c2)CCS1. The van der Waals surface area contributed by atoms with Crippen molar-refractivity contribution in [3.05, 3.63) is 41.5 Å². The molecule has 1 fully saturated rings. The molecule has 1 aromatic rings. The second kappa shape index (κ2) is 7.50. The van der Waals surface area contributed by atoms with Gasteiger partial charge in [-0.15, -0.1) is 0 Å². The summed E-state index contributed by atoms with van der Waals surface area (Å²) < 4.78 is 0. The van der Waals surface area contributed by atoms with Gasteiger partial charge in [-0.3, -0.25) is 4.90 Å². The lowest BCUT2D eigenvalue weighted by Gasteiger charge is -2.31. The van der Waals surface area contributed by atoms with Gasteiger partial charge < -0.3 is 5.11 Å². The molecular formula is C16H21NO2S. The molecular weight excluding hydrogens is 270 g/mol. The smallest absolute Gasteiger partial charge is 0.328 e. The number of rotatable bonds is 5. The van der Waals surface area contributed by atoms with Gasteiger partial charge in [-0.2, -0.15) is 11.8 Å². The number of carbonyl (C=O) groups is 1. The molecule has 1 aliphatic heterocycles. The summed E-state index contributed by atoms with van der Waals surface area (Å²) >= 11 is 2.07. The summed E-state index contributed by atoms with van der Waals surface area (Å²) in [6, 6.07) is 8.11. The minimum absolute atomic E-state index is 0.749. The van der Waals surface area contributed by atoms with Gasteiger partial charge in [0.2, 0.25) is 0 Å². The fourth-order valence-electron chi connectivity index (χ4n) is 2.39. The molecule has 108 valence electrons. The molecule has 0 aliphatic carbocycles. The first-order valence-corrected chi connectivity index (χ1v) is 8.06. The van der Waals surface area contributed by atoms with Crippen LogP contribution in [-0.2, 0) is 11.3 Å². The third-order valence-corrected chi connectivity index (χ3v) is 4.83. The topological polar surface area (TPSA) is 40.5 Å². The summed E-state index contributed by atoms with van der Waals surface area (Å²) in [5.74, 6) is 0.297. The molecule has 0 saturated carbocycles. The Balaban J connectivity index is 1.98. The first kappa shape index (κ1) is 15.1. The minimum atomic E-state index is -0.908. The van der Waals surface area contributed by atoms with Crippen molar-refractivity contribution in [1.82, 2.24) is 4.90 Å². The van der Waals surface area contributed by atoms with Crippen molar-refractivity contribution in [2.75, 3.05) is 18.8 Å². The Bertz CT molecular complexity index is 487. The van der Waals surface area contributed by atoms with Crippen LogP contribution in [0, 0.1) is 0 Å². The average molecular weight is 291 g/mol. The van der Waals surface area contributed by atoms with E-state index in [2.05, 4.69) is 35.7 Å². The van der Waals surface area contributed by atoms with Gasteiger partial charge in [0.25, 0.3) is 0 Å². The normalized spacial score (nSPS) is 20.4. The molecule has 0 bridgehead atoms. The number of nitrogens with zero attached hydrogens (tertiary/aromatic N) is 1. The summed E-state index contributed by atoms with van der Waals surface area (Å²) in [7, 11) is 0. The van der Waals surface area contributed by atoms with E-state index >= 15 is 0 Å². The number of carboxylic acids is 1. The van der Waals surface area contributed by atoms with Gasteiger partial charge in [0.1, 0.15) is 0 Å². The highest BCUT2D eigenvalue weighted by Crippen LogP contribution is 2.22. The maximum atomic E-state index is 10.5. The zero-order valence-corrected chi connectivity index (χ0v) is 12.6. The number of benzene rings is 1. The quantitative estimate of drug-likeness (QED) is 0.846. The number of aliphatic carboxylic acids is 1. The first-order valence-electron chi connectivity index (χ1n) is 7.01. The van der Waals surface area contributed by atoms with E-state index < -0.39 is 5.97 Å². The molecule has 0 spiro atoms. The predicted octanol–water partition coefficient (Wildman–Crippen LogP) is 3.11. The number of thioether (sulfide) groups is 1. The lowest BCUT2D eigenvalue weighted by molar-refractivity contribution is -0.131. The van der Waals surface area contributed by atoms with Crippen molar-refractivity contribution < 1.29 is 9.90 Å². The van der Waals surface area contributed by atoms with E-state index in [1.807, 2.05) is 12.1 Å². The Kier molecular flexibility index (Phi) is 5.68. The van der Waals surface area contributed by atoms with Crippen LogP contribution in [0.2, 0.25) is 0 Å². The number of hydrogen-bond donors (Lipinski definition) is 1. The van der Waals surface area contributed by atoms with Gasteiger partial charge in [-0.25, -0.2) is 4.79 Å². The Hall–Kier alpha value is -1.26. The van der Waals surface area contributed by atoms with Crippen LogP contribution >= 0.6 is 11.8 Å². The van der Waals surface area contributed by atoms with E-state index in [1.165, 1.54) is 23.8 Å². The van der Waals surface area contributed by atoms with Crippen LogP contribution in [0.15, 0.2) is 30.3 Å². The number of carboxylic acid groups (broad SMARTS) is 1. The first-order chi connectivity index (χ1) is 9.67. The highest BCUT2D eigenvalue weighted by molar-refractivity contribution is 8.00. The van der Waals surface area contributed by atoms with E-state index in [-0.39, 0.29) is 0 Å². The standard InChI is InChI=1S/C16H21NO2S/c1-2-15-12-17(8-9-20-15)11-14-5-3-4-13(10-14)6-7-16(18)19/h3-7,10,15H,2,8-9,11-12H2,1H3,(H,18,19)/b7-6+. The fraction of sp³-hybridized carbons (Fsp3) is 0.438. The van der Waals surface area contributed by atoms with Gasteiger partial charge in [0.05, 0.1) is 0 Å². The van der Waals surface area contributed by atoms with Crippen LogP contribution in [0.25, 0.3) is 6.08 Å². The Morgan fingerprint density at radius 3 is 3.15 bits per heavy atom. The lowest BCUT2D eigenvalue weighted by Crippen LogP contribution is -2.37. The van der Waals surface area contributed by atoms with Crippen molar-refractivity contribution in [3.63, 3.8) is 0 Å². The van der Waals surface area contributed by atoms with Crippen molar-refractivity contribution in [2.24, 2.45) is 0 Å². The minimum Gasteiger partial charge on any atom is -0.478 e. The third-order valence-electron chi connectivity index (χ3n) is 3.45. The maximum Gasteiger partial charge on any atom is 0.328 e. The molecule has 0 radical (unpaired) electrons. The second-order valence-corrected chi connectivity index (χ2v) is 6.46. The molecule has 2 rings (SSSR count). The summed E-state index contributed by atoms with van der Waals surface area (Å²) in [5, 5.41) is 9.41. The molecule has 1 saturated heterocycles. The zero-order chi connectivity index (χ0) is 14.4. The van der Waals surface area contributed by atoms with Crippen LogP contribution < -0.4 is 0 Å². The van der Waals surface area contributed by atoms with Crippen molar-refractivity contribution in [2.45, 2.75) is 25.1 Å². The van der Waals surface area contributed by atoms with Crippen LogP contribution in [-0.4, -0.2) is 40.1 Å². The molecule has 3 nitrogen and oxygen atoms in total. The summed E-state index contributed by atoms with van der Waals surface area (Å²) in [4.78, 5) is 13.0. The Labute approximate surface area is 124 Å². The Morgan fingerprint density at radius 1 is 1.55 bits per heavy atom. The summed E-state index contributed by atoms with van der Waals surface area (Å²) in [6.45, 7) is 5.48. The molecule has 1 aromatic carbocycles. The van der Waals surface area contributed by atoms with E-state index in [0.717, 1.165) is 30.4 Å². The average Bonchev–Trinajstić information content (AvgIpc) is 2.46. The summed E-state index contributed by atoms with van der Waals surface area (Å²) in [5.41, 5.74) is 2.20. The fourth-order valence-corrected chi connectivity index (χ4v) is 3.64. The lowest BCUT2D eigenvalue weighted by atomic mass is 10.1. The van der Waals surface area contributed by atoms with Crippen LogP contribution in [0.5, 0.6) is 0 Å². The van der Waals surface area contributed by atoms with E-state index in [4.69, 9.17) is 5.11 Å². The van der Waals surface area contributed by atoms with Gasteiger partial charge in [0.15, 0.2) is 0 Å². The van der Waals surface area contributed by atoms with Gasteiger partial charge in [-0.1, -0.05) is 31.2 Å². The second-order valence-electron chi connectivity index (χ2n) is 5.05. The molecule has 0 aromatic heterocycles. The van der Waals surface area contributed by atoms with Crippen LogP contribution in [0.4, 0.5) is 0 Å². The summed E-state index contributed by atoms with van der Waals surface area (Å²) in [6.07, 6.45) is 4.05. The van der Waals surface area contributed by atoms with E-state index in [1.54, 1.807) is 6.08 Å². The largest absolute Gasteiger partial charge is 0.478 e. The van der Waals surface area contributed by atoms with E-state index in [0.29, 0.717) is 0 Å². The van der Waals surface area contributed by atoms with Gasteiger partial charge in [-0.05, 0) is 23.6 Å². The maximum absolute atomic E-state index is 10.5. The molecule has 1 aliphatic rings. The molecule has 20 heavy (non-hydrogen) atoms. The Morgan fingerprint density at radius 2 is 2.40 bits per heavy atom. The van der Waals surface area contributed by atoms with E-state index in [9.17, 15) is 4.79 Å². The molecule has 0 amide bonds. The van der Waals surface area contributed by atoms with Crippen molar-refractivity contribution >= 4 is 23.8 Å². The molecule has 1 unspecified atom stereocenters. The van der Waals surface area contributed by atoms with Gasteiger partial charge >= 0.3 is 5.97 Å². The molecule has 1 heterocycles. The predicted molar refractivity (Wildman–Crippen MR) is 84.9 cm³/mol. The third kappa shape index (κ3) is 4.69. The van der Waals surface area contributed by atoms with Crippen molar-refractivity contribution in [3.8, 4) is 0 Å². The molecule has 1 N–H and O–H groups in total. The highest BCUT2D eigenvalue weighted by Gasteiger charge is 2.18. The monoisotopic (exact) mass is 291 g/mol. The van der Waals surface area contributed by atoms with Crippen LogP contribution in [0.3, 0.4) is 0 Å². The van der Waals surface area contributed by atoms with Gasteiger partial charge in [0, 0.05) is 36.7 Å². The number of hydrogen-bond acceptors (Lipinski definition) is 3. The van der Waals surface area contributed by atoms with Crippen LogP contribution in [0.1, 0.15) is 24.5 Å². The molecule has 4 heteroatoms. The zero-order valence-electron chi connectivity index (χ0n) is 11.8. The molecule has 1 atom stereocenters. The highest BCUT2D eigenvalue weighted by atomic mass is 32.2.